The fraction of sp³-hybridized carbons (Fsp3) is 0.500. The summed E-state index contributed by atoms with van der Waals surface area (Å²) in [4.78, 5) is 14.2. The third-order valence-corrected chi connectivity index (χ3v) is 5.06. The number of ether oxygens (including phenoxy) is 2. The van der Waals surface area contributed by atoms with Crippen LogP contribution in [0.25, 0.3) is 0 Å². The molecule has 1 aromatic carbocycles. The molecule has 2 aliphatic heterocycles. The van der Waals surface area contributed by atoms with Crippen LogP contribution in [0.15, 0.2) is 30.3 Å². The highest BCUT2D eigenvalue weighted by Crippen LogP contribution is 2.32. The Bertz CT molecular complexity index is 760. The van der Waals surface area contributed by atoms with Crippen LogP contribution >= 0.6 is 0 Å². The van der Waals surface area contributed by atoms with Gasteiger partial charge in [0.25, 0.3) is 0 Å². The Balaban J connectivity index is 1.75. The second-order valence-corrected chi connectivity index (χ2v) is 6.90. The lowest BCUT2D eigenvalue weighted by molar-refractivity contribution is 0.0209. The van der Waals surface area contributed by atoms with E-state index in [4.69, 9.17) is 19.4 Å². The van der Waals surface area contributed by atoms with E-state index in [2.05, 4.69) is 41.2 Å². The molecule has 7 heteroatoms. The molecule has 3 heterocycles. The maximum absolute atomic E-state index is 5.49. The summed E-state index contributed by atoms with van der Waals surface area (Å²) in [6.07, 6.45) is 0.853. The highest BCUT2D eigenvalue weighted by molar-refractivity contribution is 5.69. The van der Waals surface area contributed by atoms with Crippen molar-refractivity contribution >= 4 is 23.3 Å². The zero-order valence-corrected chi connectivity index (χ0v) is 16.0. The Morgan fingerprint density at radius 2 is 1.85 bits per heavy atom. The molecular weight excluding hydrogens is 342 g/mol. The van der Waals surface area contributed by atoms with E-state index < -0.39 is 0 Å². The van der Waals surface area contributed by atoms with E-state index in [9.17, 15) is 0 Å². The standard InChI is InChI=1S/C20H27N5O2/c1-3-17-18(21-15-13-27-14-15)22-20(25-9-11-26-12-10-25)23-19(17)24(2)16-7-5-4-6-8-16/h4-8,15H,3,9-14H2,1-2H3,(H,21,22,23). The first-order valence-electron chi connectivity index (χ1n) is 9.63. The number of morpholine rings is 1. The second-order valence-electron chi connectivity index (χ2n) is 6.90. The quantitative estimate of drug-likeness (QED) is 0.839. The van der Waals surface area contributed by atoms with Crippen molar-refractivity contribution in [3.05, 3.63) is 35.9 Å². The molecule has 0 unspecified atom stereocenters. The fourth-order valence-corrected chi connectivity index (χ4v) is 3.37. The molecule has 7 nitrogen and oxygen atoms in total. The fourth-order valence-electron chi connectivity index (χ4n) is 3.37. The van der Waals surface area contributed by atoms with Gasteiger partial charge in [-0.3, -0.25) is 0 Å². The number of benzene rings is 1. The van der Waals surface area contributed by atoms with Crippen molar-refractivity contribution in [3.8, 4) is 0 Å². The second kappa shape index (κ2) is 8.10. The predicted molar refractivity (Wildman–Crippen MR) is 107 cm³/mol. The van der Waals surface area contributed by atoms with Gasteiger partial charge in [0.15, 0.2) is 0 Å². The highest BCUT2D eigenvalue weighted by Gasteiger charge is 2.25. The van der Waals surface area contributed by atoms with Crippen LogP contribution in [0.3, 0.4) is 0 Å². The molecule has 0 bridgehead atoms. The lowest BCUT2D eigenvalue weighted by atomic mass is 10.1. The summed E-state index contributed by atoms with van der Waals surface area (Å²) in [5, 5.41) is 3.56. The van der Waals surface area contributed by atoms with Gasteiger partial charge in [-0.2, -0.15) is 9.97 Å². The molecule has 1 aromatic heterocycles. The van der Waals surface area contributed by atoms with Crippen molar-refractivity contribution in [2.45, 2.75) is 19.4 Å². The number of hydrogen-bond donors (Lipinski definition) is 1. The third kappa shape index (κ3) is 3.84. The van der Waals surface area contributed by atoms with E-state index in [1.807, 2.05) is 18.2 Å². The molecule has 2 aromatic rings. The van der Waals surface area contributed by atoms with Crippen molar-refractivity contribution in [3.63, 3.8) is 0 Å². The molecule has 1 N–H and O–H groups in total. The topological polar surface area (TPSA) is 62.8 Å². The Morgan fingerprint density at radius 1 is 1.11 bits per heavy atom. The van der Waals surface area contributed by atoms with E-state index in [0.29, 0.717) is 19.3 Å². The first kappa shape index (κ1) is 18.0. The van der Waals surface area contributed by atoms with Gasteiger partial charge in [-0.1, -0.05) is 25.1 Å². The van der Waals surface area contributed by atoms with Crippen LogP contribution in [0.1, 0.15) is 12.5 Å². The first-order valence-corrected chi connectivity index (χ1v) is 9.63. The maximum Gasteiger partial charge on any atom is 0.229 e. The number of rotatable bonds is 6. The number of nitrogens with zero attached hydrogens (tertiary/aromatic N) is 4. The van der Waals surface area contributed by atoms with Gasteiger partial charge >= 0.3 is 0 Å². The van der Waals surface area contributed by atoms with Gasteiger partial charge < -0.3 is 24.6 Å². The molecule has 2 aliphatic rings. The van der Waals surface area contributed by atoms with Gasteiger partial charge in [0, 0.05) is 31.4 Å². The van der Waals surface area contributed by atoms with Crippen LogP contribution < -0.4 is 15.1 Å². The van der Waals surface area contributed by atoms with E-state index in [1.165, 1.54) is 0 Å². The van der Waals surface area contributed by atoms with E-state index in [0.717, 1.165) is 61.6 Å². The van der Waals surface area contributed by atoms with Gasteiger partial charge in [0.2, 0.25) is 5.95 Å². The van der Waals surface area contributed by atoms with E-state index in [1.54, 1.807) is 0 Å². The van der Waals surface area contributed by atoms with Crippen molar-refractivity contribution in [1.82, 2.24) is 9.97 Å². The summed E-state index contributed by atoms with van der Waals surface area (Å²) in [5.74, 6) is 2.62. The minimum Gasteiger partial charge on any atom is -0.378 e. The lowest BCUT2D eigenvalue weighted by Crippen LogP contribution is -2.41. The molecule has 0 aliphatic carbocycles. The number of nitrogens with one attached hydrogen (secondary N) is 1. The molecule has 0 radical (unpaired) electrons. The average Bonchev–Trinajstić information content (AvgIpc) is 2.70. The van der Waals surface area contributed by atoms with E-state index in [-0.39, 0.29) is 0 Å². The molecule has 2 saturated heterocycles. The zero-order chi connectivity index (χ0) is 18.6. The van der Waals surface area contributed by atoms with Gasteiger partial charge in [-0.25, -0.2) is 0 Å². The van der Waals surface area contributed by atoms with Gasteiger partial charge in [0.1, 0.15) is 11.6 Å². The highest BCUT2D eigenvalue weighted by atomic mass is 16.5. The zero-order valence-electron chi connectivity index (χ0n) is 16.0. The Morgan fingerprint density at radius 3 is 2.48 bits per heavy atom. The van der Waals surface area contributed by atoms with Gasteiger partial charge in [-0.15, -0.1) is 0 Å². The Kier molecular flexibility index (Phi) is 5.40. The summed E-state index contributed by atoms with van der Waals surface area (Å²) >= 11 is 0. The van der Waals surface area contributed by atoms with Crippen LogP contribution in [0.5, 0.6) is 0 Å². The number of para-hydroxylation sites is 1. The Hall–Kier alpha value is -2.38. The molecule has 2 fully saturated rings. The number of anilines is 4. The largest absolute Gasteiger partial charge is 0.378 e. The van der Waals surface area contributed by atoms with Crippen LogP contribution in [-0.2, 0) is 15.9 Å². The van der Waals surface area contributed by atoms with Crippen molar-refractivity contribution in [2.24, 2.45) is 0 Å². The van der Waals surface area contributed by atoms with Crippen molar-refractivity contribution in [2.75, 3.05) is 61.7 Å². The molecule has 0 spiro atoms. The van der Waals surface area contributed by atoms with Crippen LogP contribution in [0.2, 0.25) is 0 Å². The minimum atomic E-state index is 0.317. The first-order chi connectivity index (χ1) is 13.3. The predicted octanol–water partition coefficient (Wildman–Crippen LogP) is 2.45. The molecule has 0 saturated carbocycles. The molecule has 0 atom stereocenters. The van der Waals surface area contributed by atoms with Crippen LogP contribution in [-0.4, -0.2) is 62.6 Å². The number of hydrogen-bond acceptors (Lipinski definition) is 7. The smallest absolute Gasteiger partial charge is 0.229 e. The summed E-state index contributed by atoms with van der Waals surface area (Å²) < 4.78 is 10.8. The Labute approximate surface area is 160 Å². The van der Waals surface area contributed by atoms with Gasteiger partial charge in [-0.05, 0) is 18.6 Å². The van der Waals surface area contributed by atoms with Crippen molar-refractivity contribution in [1.29, 1.82) is 0 Å². The SMILES string of the molecule is CCc1c(NC2COC2)nc(N2CCOCC2)nc1N(C)c1ccccc1. The minimum absolute atomic E-state index is 0.317. The molecule has 144 valence electrons. The normalized spacial score (nSPS) is 17.5. The van der Waals surface area contributed by atoms with Gasteiger partial charge in [0.05, 0.1) is 32.5 Å². The molecule has 0 amide bonds. The third-order valence-electron chi connectivity index (χ3n) is 5.06. The molecule has 27 heavy (non-hydrogen) atoms. The maximum atomic E-state index is 5.49. The summed E-state index contributed by atoms with van der Waals surface area (Å²) in [7, 11) is 2.07. The monoisotopic (exact) mass is 369 g/mol. The molecular formula is C20H27N5O2. The van der Waals surface area contributed by atoms with Crippen LogP contribution in [0.4, 0.5) is 23.3 Å². The average molecular weight is 369 g/mol. The van der Waals surface area contributed by atoms with Crippen molar-refractivity contribution < 1.29 is 9.47 Å². The summed E-state index contributed by atoms with van der Waals surface area (Å²) in [5.41, 5.74) is 2.24. The number of aromatic nitrogens is 2. The summed E-state index contributed by atoms with van der Waals surface area (Å²) in [6.45, 7) is 6.65. The van der Waals surface area contributed by atoms with E-state index >= 15 is 0 Å². The summed E-state index contributed by atoms with van der Waals surface area (Å²) in [6, 6.07) is 10.6. The van der Waals surface area contributed by atoms with Crippen LogP contribution in [0, 0.1) is 0 Å². The lowest BCUT2D eigenvalue weighted by Gasteiger charge is -2.32. The molecule has 4 rings (SSSR count).